The van der Waals surface area contributed by atoms with E-state index in [9.17, 15) is 0 Å². The zero-order valence-corrected chi connectivity index (χ0v) is 30.4. The molecule has 0 bridgehead atoms. The molecule has 0 atom stereocenters. The Morgan fingerprint density at radius 1 is 0.478 bits per heavy atom. The van der Waals surface area contributed by atoms with Crippen LogP contribution in [0.2, 0.25) is 20.1 Å². The van der Waals surface area contributed by atoms with Crippen molar-refractivity contribution < 1.29 is 9.47 Å². The van der Waals surface area contributed by atoms with E-state index >= 15 is 0 Å². The standard InChI is InChI=1S/2C19H27Cl2NO/c2*20-17-2-1-3-18(21)19(17)15-6-4-14(5-7-15)8-11-22-16-9-12-23-13-10-16/h2*1-3,14-16,22H,4-13H2. The molecule has 2 saturated heterocycles. The van der Waals surface area contributed by atoms with E-state index in [2.05, 4.69) is 10.6 Å². The lowest BCUT2D eigenvalue weighted by atomic mass is 9.77. The molecule has 0 radical (unpaired) electrons. The van der Waals surface area contributed by atoms with Crippen molar-refractivity contribution in [2.75, 3.05) is 39.5 Å². The Balaban J connectivity index is 0.000000181. The third kappa shape index (κ3) is 11.2. The van der Waals surface area contributed by atoms with Crippen molar-refractivity contribution in [3.05, 3.63) is 67.6 Å². The van der Waals surface area contributed by atoms with Crippen molar-refractivity contribution in [1.29, 1.82) is 0 Å². The highest BCUT2D eigenvalue weighted by Crippen LogP contribution is 2.43. The monoisotopic (exact) mass is 710 g/mol. The van der Waals surface area contributed by atoms with Crippen LogP contribution >= 0.6 is 46.4 Å². The summed E-state index contributed by atoms with van der Waals surface area (Å²) < 4.78 is 10.8. The van der Waals surface area contributed by atoms with Gasteiger partial charge in [-0.3, -0.25) is 0 Å². The summed E-state index contributed by atoms with van der Waals surface area (Å²) in [5.41, 5.74) is 2.35. The van der Waals surface area contributed by atoms with Gasteiger partial charge in [0.25, 0.3) is 0 Å². The number of hydrogen-bond acceptors (Lipinski definition) is 4. The molecule has 2 saturated carbocycles. The molecule has 2 aliphatic heterocycles. The van der Waals surface area contributed by atoms with Crippen molar-refractivity contribution in [3.8, 4) is 0 Å². The largest absolute Gasteiger partial charge is 0.381 e. The number of hydrogen-bond donors (Lipinski definition) is 2. The van der Waals surface area contributed by atoms with Gasteiger partial charge in [0, 0.05) is 58.6 Å². The molecular formula is C38H54Cl4N2O2. The number of halogens is 4. The fraction of sp³-hybridized carbons (Fsp3) is 0.684. The van der Waals surface area contributed by atoms with Crippen LogP contribution in [0.5, 0.6) is 0 Å². The molecule has 0 spiro atoms. The van der Waals surface area contributed by atoms with E-state index < -0.39 is 0 Å². The van der Waals surface area contributed by atoms with Crippen molar-refractivity contribution >= 4 is 46.4 Å². The first kappa shape index (κ1) is 36.7. The van der Waals surface area contributed by atoms with E-state index in [1.165, 1.54) is 75.3 Å². The highest BCUT2D eigenvalue weighted by Gasteiger charge is 2.27. The summed E-state index contributed by atoms with van der Waals surface area (Å²) in [5, 5.41) is 10.8. The van der Waals surface area contributed by atoms with Crippen molar-refractivity contribution in [2.45, 2.75) is 114 Å². The van der Waals surface area contributed by atoms with Crippen LogP contribution in [0, 0.1) is 11.8 Å². The molecule has 2 heterocycles. The van der Waals surface area contributed by atoms with Crippen LogP contribution in [0.4, 0.5) is 0 Å². The Hall–Kier alpha value is -0.560. The average Bonchev–Trinajstić information content (AvgIpc) is 3.07. The maximum absolute atomic E-state index is 6.36. The van der Waals surface area contributed by atoms with Gasteiger partial charge in [-0.05, 0) is 162 Å². The minimum atomic E-state index is 0.538. The Morgan fingerprint density at radius 3 is 1.13 bits per heavy atom. The van der Waals surface area contributed by atoms with E-state index in [1.54, 1.807) is 0 Å². The molecule has 2 aromatic carbocycles. The highest BCUT2D eigenvalue weighted by atomic mass is 35.5. The maximum atomic E-state index is 6.36. The number of ether oxygens (including phenoxy) is 2. The third-order valence-corrected chi connectivity index (χ3v) is 12.2. The normalized spacial score (nSPS) is 26.3. The predicted molar refractivity (Wildman–Crippen MR) is 195 cm³/mol. The summed E-state index contributed by atoms with van der Waals surface area (Å²) in [5.74, 6) is 2.77. The zero-order valence-electron chi connectivity index (χ0n) is 27.4. The quantitative estimate of drug-likeness (QED) is 0.257. The molecule has 2 N–H and O–H groups in total. The summed E-state index contributed by atoms with van der Waals surface area (Å²) in [4.78, 5) is 0. The topological polar surface area (TPSA) is 42.5 Å². The van der Waals surface area contributed by atoms with Gasteiger partial charge in [0.1, 0.15) is 0 Å². The molecule has 2 aromatic rings. The lowest BCUT2D eigenvalue weighted by molar-refractivity contribution is 0.0773. The minimum Gasteiger partial charge on any atom is -0.381 e. The van der Waals surface area contributed by atoms with Gasteiger partial charge in [0.2, 0.25) is 0 Å². The summed E-state index contributed by atoms with van der Waals surface area (Å²) >= 11 is 25.5. The highest BCUT2D eigenvalue weighted by molar-refractivity contribution is 6.36. The fourth-order valence-electron chi connectivity index (χ4n) is 8.07. The van der Waals surface area contributed by atoms with Crippen LogP contribution in [0.1, 0.15) is 113 Å². The predicted octanol–water partition coefficient (Wildman–Crippen LogP) is 10.9. The van der Waals surface area contributed by atoms with Crippen LogP contribution in [-0.4, -0.2) is 51.6 Å². The first-order valence-corrected chi connectivity index (χ1v) is 19.5. The van der Waals surface area contributed by atoms with Gasteiger partial charge < -0.3 is 20.1 Å². The summed E-state index contributed by atoms with van der Waals surface area (Å²) in [6, 6.07) is 13.1. The molecule has 46 heavy (non-hydrogen) atoms. The fourth-order valence-corrected chi connectivity index (χ4v) is 9.48. The third-order valence-electron chi connectivity index (χ3n) is 10.9. The van der Waals surface area contributed by atoms with E-state index in [4.69, 9.17) is 55.9 Å². The number of nitrogens with one attached hydrogen (secondary N) is 2. The second-order valence-corrected chi connectivity index (χ2v) is 15.6. The lowest BCUT2D eigenvalue weighted by Crippen LogP contribution is -2.36. The SMILES string of the molecule is Clc1cccc(Cl)c1C1CCC(CCNC2CCOCC2)CC1.Clc1cccc(Cl)c1C1CCC(CCNC2CCOCC2)CC1. The first-order chi connectivity index (χ1) is 22.5. The minimum absolute atomic E-state index is 0.538. The zero-order chi connectivity index (χ0) is 32.1. The summed E-state index contributed by atoms with van der Waals surface area (Å²) in [6.07, 6.45) is 17.3. The molecule has 4 fully saturated rings. The Labute approximate surface area is 297 Å². The van der Waals surface area contributed by atoms with Crippen LogP contribution < -0.4 is 10.6 Å². The Bertz CT molecular complexity index is 1040. The second-order valence-electron chi connectivity index (χ2n) is 14.0. The first-order valence-electron chi connectivity index (χ1n) is 18.0. The Morgan fingerprint density at radius 2 is 0.804 bits per heavy atom. The van der Waals surface area contributed by atoms with Gasteiger partial charge in [-0.2, -0.15) is 0 Å². The van der Waals surface area contributed by atoms with Gasteiger partial charge in [0.15, 0.2) is 0 Å². The maximum Gasteiger partial charge on any atom is 0.0480 e. The van der Waals surface area contributed by atoms with E-state index in [0.29, 0.717) is 23.9 Å². The van der Waals surface area contributed by atoms with Gasteiger partial charge in [-0.1, -0.05) is 58.5 Å². The van der Waals surface area contributed by atoms with Crippen molar-refractivity contribution in [1.82, 2.24) is 10.6 Å². The van der Waals surface area contributed by atoms with Gasteiger partial charge in [-0.15, -0.1) is 0 Å². The average molecular weight is 713 g/mol. The molecule has 6 rings (SSSR count). The van der Waals surface area contributed by atoms with Gasteiger partial charge in [-0.25, -0.2) is 0 Å². The molecule has 4 aliphatic rings. The van der Waals surface area contributed by atoms with Gasteiger partial charge in [0.05, 0.1) is 0 Å². The molecule has 0 aromatic heterocycles. The van der Waals surface area contributed by atoms with Crippen LogP contribution in [-0.2, 0) is 9.47 Å². The number of benzene rings is 2. The Kier molecular flexibility index (Phi) is 15.6. The van der Waals surface area contributed by atoms with E-state index in [1.807, 2.05) is 36.4 Å². The lowest BCUT2D eigenvalue weighted by Gasteiger charge is -2.30. The smallest absolute Gasteiger partial charge is 0.0480 e. The van der Waals surface area contributed by atoms with E-state index in [-0.39, 0.29) is 0 Å². The molecular weight excluding hydrogens is 658 g/mol. The number of rotatable bonds is 10. The van der Waals surface area contributed by atoms with Crippen LogP contribution in [0.15, 0.2) is 36.4 Å². The molecule has 2 aliphatic carbocycles. The second kappa shape index (κ2) is 19.6. The van der Waals surface area contributed by atoms with E-state index in [0.717, 1.165) is 97.1 Å². The molecule has 0 unspecified atom stereocenters. The van der Waals surface area contributed by atoms with Crippen LogP contribution in [0.25, 0.3) is 0 Å². The summed E-state index contributed by atoms with van der Waals surface area (Å²) in [7, 11) is 0. The van der Waals surface area contributed by atoms with Crippen LogP contribution in [0.3, 0.4) is 0 Å². The molecule has 256 valence electrons. The van der Waals surface area contributed by atoms with Gasteiger partial charge >= 0.3 is 0 Å². The molecule has 0 amide bonds. The van der Waals surface area contributed by atoms with Crippen molar-refractivity contribution in [3.63, 3.8) is 0 Å². The molecule has 8 heteroatoms. The summed E-state index contributed by atoms with van der Waals surface area (Å²) in [6.45, 7) is 5.96. The molecule has 4 nitrogen and oxygen atoms in total. The van der Waals surface area contributed by atoms with Crippen molar-refractivity contribution in [2.24, 2.45) is 11.8 Å².